The fourth-order valence-corrected chi connectivity index (χ4v) is 2.10. The van der Waals surface area contributed by atoms with Crippen LogP contribution in [-0.4, -0.2) is 28.4 Å². The summed E-state index contributed by atoms with van der Waals surface area (Å²) in [6.07, 6.45) is 0.573. The summed E-state index contributed by atoms with van der Waals surface area (Å²) >= 11 is 6.35. The Morgan fingerprint density at radius 2 is 2.31 bits per heavy atom. The summed E-state index contributed by atoms with van der Waals surface area (Å²) in [5.41, 5.74) is 6.19. The second-order valence-electron chi connectivity index (χ2n) is 3.82. The fourth-order valence-electron chi connectivity index (χ4n) is 1.38. The summed E-state index contributed by atoms with van der Waals surface area (Å²) in [4.78, 5) is 14.3. The highest BCUT2D eigenvalue weighted by atomic mass is 32.1. The van der Waals surface area contributed by atoms with Crippen molar-refractivity contribution in [3.05, 3.63) is 22.4 Å². The zero-order valence-electron chi connectivity index (χ0n) is 9.47. The average molecular weight is 256 g/mol. The van der Waals surface area contributed by atoms with Crippen molar-refractivity contribution in [2.75, 3.05) is 6.54 Å². The van der Waals surface area contributed by atoms with Crippen LogP contribution in [0.3, 0.4) is 0 Å². The largest absolute Gasteiger partial charge is 0.393 e. The molecule has 3 nitrogen and oxygen atoms in total. The van der Waals surface area contributed by atoms with E-state index < -0.39 is 0 Å². The molecule has 0 aromatic carbocycles. The van der Waals surface area contributed by atoms with Crippen molar-refractivity contribution in [3.8, 4) is 0 Å². The maximum Gasteiger partial charge on any atom is 0.254 e. The molecule has 1 heterocycles. The first kappa shape index (κ1) is 13.1. The van der Waals surface area contributed by atoms with Crippen LogP contribution in [0.4, 0.5) is 0 Å². The van der Waals surface area contributed by atoms with Gasteiger partial charge in [-0.3, -0.25) is 4.79 Å². The molecule has 0 atom stereocenters. The summed E-state index contributed by atoms with van der Waals surface area (Å²) < 4.78 is 0. The van der Waals surface area contributed by atoms with E-state index >= 15 is 0 Å². The second-order valence-corrected chi connectivity index (χ2v) is 5.13. The van der Waals surface area contributed by atoms with E-state index in [1.165, 1.54) is 11.3 Å². The normalized spacial score (nSPS) is 10.4. The number of rotatable bonds is 5. The van der Waals surface area contributed by atoms with Gasteiger partial charge < -0.3 is 10.6 Å². The van der Waals surface area contributed by atoms with Crippen LogP contribution in [0.15, 0.2) is 16.8 Å². The second kappa shape index (κ2) is 5.96. The molecular weight excluding hydrogens is 240 g/mol. The van der Waals surface area contributed by atoms with E-state index in [1.807, 2.05) is 30.7 Å². The van der Waals surface area contributed by atoms with Gasteiger partial charge >= 0.3 is 0 Å². The minimum Gasteiger partial charge on any atom is -0.393 e. The first-order chi connectivity index (χ1) is 7.52. The van der Waals surface area contributed by atoms with Gasteiger partial charge in [0.15, 0.2) is 0 Å². The Kier molecular flexibility index (Phi) is 4.89. The third kappa shape index (κ3) is 3.57. The molecule has 0 aliphatic rings. The maximum absolute atomic E-state index is 12.1. The Bertz CT molecular complexity index is 360. The molecule has 1 rings (SSSR count). The molecule has 88 valence electrons. The number of amides is 1. The summed E-state index contributed by atoms with van der Waals surface area (Å²) in [5.74, 6) is 0.0486. The van der Waals surface area contributed by atoms with Crippen LogP contribution in [0, 0.1) is 0 Å². The number of carbonyl (C=O) groups excluding carboxylic acids is 1. The van der Waals surface area contributed by atoms with E-state index in [0.717, 1.165) is 5.56 Å². The zero-order chi connectivity index (χ0) is 12.1. The molecule has 1 aromatic heterocycles. The quantitative estimate of drug-likeness (QED) is 0.822. The van der Waals surface area contributed by atoms with Gasteiger partial charge in [0.25, 0.3) is 5.91 Å². The van der Waals surface area contributed by atoms with Gasteiger partial charge in [-0.05, 0) is 25.3 Å². The molecule has 0 fully saturated rings. The number of hydrogen-bond acceptors (Lipinski definition) is 3. The Morgan fingerprint density at radius 3 is 2.75 bits per heavy atom. The van der Waals surface area contributed by atoms with E-state index in [0.29, 0.717) is 18.0 Å². The number of nitrogens with two attached hydrogens (primary N) is 1. The molecule has 0 saturated carbocycles. The zero-order valence-corrected chi connectivity index (χ0v) is 11.1. The van der Waals surface area contributed by atoms with Gasteiger partial charge in [0.2, 0.25) is 0 Å². The van der Waals surface area contributed by atoms with Crippen molar-refractivity contribution >= 4 is 34.5 Å². The van der Waals surface area contributed by atoms with E-state index in [2.05, 4.69) is 0 Å². The van der Waals surface area contributed by atoms with Gasteiger partial charge in [-0.15, -0.1) is 0 Å². The molecule has 16 heavy (non-hydrogen) atoms. The summed E-state index contributed by atoms with van der Waals surface area (Å²) in [6, 6.07) is 1.99. The molecule has 1 amide bonds. The third-order valence-corrected chi connectivity index (χ3v) is 3.14. The van der Waals surface area contributed by atoms with Crippen molar-refractivity contribution in [3.63, 3.8) is 0 Å². The molecule has 2 N–H and O–H groups in total. The van der Waals surface area contributed by atoms with E-state index in [-0.39, 0.29) is 11.9 Å². The Labute approximate surface area is 105 Å². The lowest BCUT2D eigenvalue weighted by Gasteiger charge is -2.26. The highest BCUT2D eigenvalue weighted by molar-refractivity contribution is 7.80. The monoisotopic (exact) mass is 256 g/mol. The molecule has 5 heteroatoms. The van der Waals surface area contributed by atoms with Gasteiger partial charge in [-0.1, -0.05) is 12.2 Å². The predicted molar refractivity (Wildman–Crippen MR) is 71.9 cm³/mol. The van der Waals surface area contributed by atoms with Crippen LogP contribution < -0.4 is 5.73 Å². The number of nitrogens with zero attached hydrogens (tertiary/aromatic N) is 1. The maximum atomic E-state index is 12.1. The van der Waals surface area contributed by atoms with E-state index in [1.54, 1.807) is 4.90 Å². The van der Waals surface area contributed by atoms with Crippen molar-refractivity contribution in [1.29, 1.82) is 0 Å². The predicted octanol–water partition coefficient (Wildman–Crippen LogP) is 2.27. The van der Waals surface area contributed by atoms with Gasteiger partial charge in [0, 0.05) is 24.4 Å². The van der Waals surface area contributed by atoms with Crippen molar-refractivity contribution in [1.82, 2.24) is 4.90 Å². The van der Waals surface area contributed by atoms with E-state index in [9.17, 15) is 4.79 Å². The lowest BCUT2D eigenvalue weighted by atomic mass is 10.2. The first-order valence-corrected chi connectivity index (χ1v) is 6.49. The van der Waals surface area contributed by atoms with Crippen molar-refractivity contribution in [2.24, 2.45) is 5.73 Å². The number of carbonyl (C=O) groups is 1. The highest BCUT2D eigenvalue weighted by Gasteiger charge is 2.18. The minimum atomic E-state index is 0.0486. The molecule has 0 aliphatic heterocycles. The first-order valence-electron chi connectivity index (χ1n) is 5.14. The smallest absolute Gasteiger partial charge is 0.254 e. The highest BCUT2D eigenvalue weighted by Crippen LogP contribution is 2.12. The lowest BCUT2D eigenvalue weighted by molar-refractivity contribution is 0.0712. The minimum absolute atomic E-state index is 0.0486. The Morgan fingerprint density at radius 1 is 1.62 bits per heavy atom. The lowest BCUT2D eigenvalue weighted by Crippen LogP contribution is -2.38. The van der Waals surface area contributed by atoms with Gasteiger partial charge in [-0.2, -0.15) is 11.3 Å². The molecular formula is C11H16N2OS2. The van der Waals surface area contributed by atoms with Crippen LogP contribution >= 0.6 is 23.6 Å². The van der Waals surface area contributed by atoms with Gasteiger partial charge in [0.1, 0.15) is 0 Å². The van der Waals surface area contributed by atoms with Crippen LogP contribution in [0.1, 0.15) is 30.6 Å². The number of thiophene rings is 1. The van der Waals surface area contributed by atoms with Crippen LogP contribution in [0.2, 0.25) is 0 Å². The molecule has 0 bridgehead atoms. The topological polar surface area (TPSA) is 46.3 Å². The average Bonchev–Trinajstić information content (AvgIpc) is 2.69. The third-order valence-electron chi connectivity index (χ3n) is 2.25. The SMILES string of the molecule is CC(C)N(CCC(N)=S)C(=O)c1ccsc1. The summed E-state index contributed by atoms with van der Waals surface area (Å²) in [5, 5.41) is 3.76. The summed E-state index contributed by atoms with van der Waals surface area (Å²) in [7, 11) is 0. The van der Waals surface area contributed by atoms with Crippen LogP contribution in [0.5, 0.6) is 0 Å². The van der Waals surface area contributed by atoms with Crippen LogP contribution in [0.25, 0.3) is 0 Å². The molecule has 0 radical (unpaired) electrons. The summed E-state index contributed by atoms with van der Waals surface area (Å²) in [6.45, 7) is 4.56. The van der Waals surface area contributed by atoms with Gasteiger partial charge in [-0.25, -0.2) is 0 Å². The molecule has 0 spiro atoms. The molecule has 0 unspecified atom stereocenters. The molecule has 1 aromatic rings. The standard InChI is InChI=1S/C11H16N2OS2/c1-8(2)13(5-3-10(12)15)11(14)9-4-6-16-7-9/h4,6-8H,3,5H2,1-2H3,(H2,12,15). The number of hydrogen-bond donors (Lipinski definition) is 1. The van der Waals surface area contributed by atoms with Gasteiger partial charge in [0.05, 0.1) is 10.6 Å². The number of thiocarbonyl (C=S) groups is 1. The molecule has 0 saturated heterocycles. The van der Waals surface area contributed by atoms with E-state index in [4.69, 9.17) is 18.0 Å². The van der Waals surface area contributed by atoms with Crippen LogP contribution in [-0.2, 0) is 0 Å². The Balaban J connectivity index is 2.70. The van der Waals surface area contributed by atoms with Crippen molar-refractivity contribution in [2.45, 2.75) is 26.3 Å². The van der Waals surface area contributed by atoms with Crippen molar-refractivity contribution < 1.29 is 4.79 Å². The fraction of sp³-hybridized carbons (Fsp3) is 0.455. The Hall–Kier alpha value is -0.940. The molecule has 0 aliphatic carbocycles.